The summed E-state index contributed by atoms with van der Waals surface area (Å²) >= 11 is 0. The van der Waals surface area contributed by atoms with Crippen LogP contribution in [0.25, 0.3) is 16.7 Å². The smallest absolute Gasteiger partial charge is 0.263 e. The SMILES string of the molecule is CC(=O)c1ccc(N2CCN(c3nc4c(cnn4-c4ccccc4)c(=O)[nH]3)CC2)cc1. The number of nitrogens with one attached hydrogen (secondary N) is 1. The van der Waals surface area contributed by atoms with Crippen LogP contribution in [0.3, 0.4) is 0 Å². The Morgan fingerprint density at radius 1 is 0.903 bits per heavy atom. The van der Waals surface area contributed by atoms with E-state index in [-0.39, 0.29) is 11.3 Å². The second-order valence-electron chi connectivity index (χ2n) is 7.60. The van der Waals surface area contributed by atoms with Crippen LogP contribution in [0, 0.1) is 0 Å². The molecule has 0 amide bonds. The maximum atomic E-state index is 12.6. The standard InChI is InChI=1S/C23H22N6O2/c1-16(30)17-7-9-18(10-8-17)27-11-13-28(14-12-27)23-25-21-20(22(31)26-23)15-24-29(21)19-5-3-2-4-6-19/h2-10,15H,11-14H2,1H3,(H,25,26,31). The van der Waals surface area contributed by atoms with Crippen LogP contribution in [-0.2, 0) is 0 Å². The van der Waals surface area contributed by atoms with Gasteiger partial charge < -0.3 is 9.80 Å². The summed E-state index contributed by atoms with van der Waals surface area (Å²) in [6.07, 6.45) is 1.56. The maximum absolute atomic E-state index is 12.6. The Kier molecular flexibility index (Phi) is 4.74. The number of para-hydroxylation sites is 1. The Balaban J connectivity index is 1.38. The molecular formula is C23H22N6O2. The molecule has 0 unspecified atom stereocenters. The molecule has 0 bridgehead atoms. The Bertz CT molecular complexity index is 1290. The molecule has 1 aliphatic heterocycles. The largest absolute Gasteiger partial charge is 0.368 e. The zero-order chi connectivity index (χ0) is 21.4. The van der Waals surface area contributed by atoms with E-state index in [0.717, 1.165) is 37.6 Å². The number of anilines is 2. The van der Waals surface area contributed by atoms with Crippen molar-refractivity contribution in [1.29, 1.82) is 0 Å². The number of piperazine rings is 1. The number of carbonyl (C=O) groups excluding carboxylic acids is 1. The monoisotopic (exact) mass is 414 g/mol. The highest BCUT2D eigenvalue weighted by Crippen LogP contribution is 2.21. The van der Waals surface area contributed by atoms with Crippen molar-refractivity contribution in [1.82, 2.24) is 19.7 Å². The topological polar surface area (TPSA) is 87.1 Å². The van der Waals surface area contributed by atoms with Crippen molar-refractivity contribution in [3.05, 3.63) is 76.7 Å². The molecule has 8 nitrogen and oxygen atoms in total. The summed E-state index contributed by atoms with van der Waals surface area (Å²) in [6.45, 7) is 4.60. The molecule has 1 aliphatic rings. The number of rotatable bonds is 4. The fraction of sp³-hybridized carbons (Fsp3) is 0.217. The van der Waals surface area contributed by atoms with E-state index in [1.807, 2.05) is 54.6 Å². The summed E-state index contributed by atoms with van der Waals surface area (Å²) < 4.78 is 1.70. The lowest BCUT2D eigenvalue weighted by molar-refractivity contribution is 0.101. The quantitative estimate of drug-likeness (QED) is 0.517. The first-order valence-electron chi connectivity index (χ1n) is 10.2. The van der Waals surface area contributed by atoms with Crippen molar-refractivity contribution < 1.29 is 4.79 Å². The number of hydrogen-bond donors (Lipinski definition) is 1. The molecule has 3 heterocycles. The molecule has 0 aliphatic carbocycles. The van der Waals surface area contributed by atoms with Crippen LogP contribution in [0.1, 0.15) is 17.3 Å². The number of nitrogens with zero attached hydrogens (tertiary/aromatic N) is 5. The molecule has 8 heteroatoms. The van der Waals surface area contributed by atoms with Gasteiger partial charge in [0.05, 0.1) is 11.9 Å². The van der Waals surface area contributed by atoms with Gasteiger partial charge in [-0.2, -0.15) is 10.1 Å². The van der Waals surface area contributed by atoms with Crippen LogP contribution in [-0.4, -0.2) is 51.7 Å². The fourth-order valence-corrected chi connectivity index (χ4v) is 3.90. The summed E-state index contributed by atoms with van der Waals surface area (Å²) in [5.74, 6) is 0.623. The summed E-state index contributed by atoms with van der Waals surface area (Å²) in [6, 6.07) is 17.4. The molecule has 1 fully saturated rings. The van der Waals surface area contributed by atoms with Gasteiger partial charge in [0.15, 0.2) is 11.4 Å². The molecule has 1 N–H and O–H groups in total. The molecule has 4 aromatic rings. The minimum absolute atomic E-state index is 0.0662. The van der Waals surface area contributed by atoms with Crippen molar-refractivity contribution in [2.75, 3.05) is 36.0 Å². The Labute approximate surface area is 178 Å². The fourth-order valence-electron chi connectivity index (χ4n) is 3.90. The molecule has 31 heavy (non-hydrogen) atoms. The number of aromatic amines is 1. The minimum atomic E-state index is -0.190. The van der Waals surface area contributed by atoms with Crippen LogP contribution in [0.15, 0.2) is 65.6 Å². The van der Waals surface area contributed by atoms with Crippen LogP contribution >= 0.6 is 0 Å². The van der Waals surface area contributed by atoms with Crippen LogP contribution in [0.4, 0.5) is 11.6 Å². The summed E-state index contributed by atoms with van der Waals surface area (Å²) in [7, 11) is 0. The van der Waals surface area contributed by atoms with Crippen molar-refractivity contribution in [2.45, 2.75) is 6.92 Å². The van der Waals surface area contributed by atoms with Crippen molar-refractivity contribution in [2.24, 2.45) is 0 Å². The zero-order valence-corrected chi connectivity index (χ0v) is 17.2. The van der Waals surface area contributed by atoms with E-state index in [9.17, 15) is 9.59 Å². The third kappa shape index (κ3) is 3.56. The summed E-state index contributed by atoms with van der Waals surface area (Å²) in [5, 5.41) is 4.84. The van der Waals surface area contributed by atoms with Gasteiger partial charge in [0.25, 0.3) is 5.56 Å². The second-order valence-corrected chi connectivity index (χ2v) is 7.60. The third-order valence-corrected chi connectivity index (χ3v) is 5.64. The number of benzene rings is 2. The minimum Gasteiger partial charge on any atom is -0.368 e. The average Bonchev–Trinajstić information content (AvgIpc) is 3.24. The molecule has 1 saturated heterocycles. The van der Waals surface area contributed by atoms with Gasteiger partial charge in [0.2, 0.25) is 5.95 Å². The lowest BCUT2D eigenvalue weighted by atomic mass is 10.1. The van der Waals surface area contributed by atoms with Gasteiger partial charge in [-0.15, -0.1) is 0 Å². The first kappa shape index (κ1) is 19.0. The van der Waals surface area contributed by atoms with Crippen LogP contribution in [0.2, 0.25) is 0 Å². The van der Waals surface area contributed by atoms with E-state index >= 15 is 0 Å². The number of H-pyrrole nitrogens is 1. The molecule has 2 aromatic carbocycles. The van der Waals surface area contributed by atoms with Gasteiger partial charge >= 0.3 is 0 Å². The highest BCUT2D eigenvalue weighted by atomic mass is 16.1. The summed E-state index contributed by atoms with van der Waals surface area (Å²) in [4.78, 5) is 36.1. The normalized spacial score (nSPS) is 14.2. The highest BCUT2D eigenvalue weighted by Gasteiger charge is 2.21. The van der Waals surface area contributed by atoms with E-state index in [1.54, 1.807) is 17.8 Å². The number of Topliss-reactive ketones (excluding diaryl/α,β-unsaturated/α-hetero) is 1. The lowest BCUT2D eigenvalue weighted by Crippen LogP contribution is -2.47. The van der Waals surface area contributed by atoms with Gasteiger partial charge in [0, 0.05) is 37.4 Å². The van der Waals surface area contributed by atoms with E-state index in [2.05, 4.69) is 19.9 Å². The first-order valence-corrected chi connectivity index (χ1v) is 10.2. The van der Waals surface area contributed by atoms with Gasteiger partial charge in [-0.1, -0.05) is 18.2 Å². The van der Waals surface area contributed by atoms with Gasteiger partial charge in [-0.3, -0.25) is 14.6 Å². The lowest BCUT2D eigenvalue weighted by Gasteiger charge is -2.36. The third-order valence-electron chi connectivity index (χ3n) is 5.64. The number of ketones is 1. The molecule has 2 aromatic heterocycles. The average molecular weight is 414 g/mol. The highest BCUT2D eigenvalue weighted by molar-refractivity contribution is 5.94. The predicted octanol–water partition coefficient (Wildman–Crippen LogP) is 2.64. The second kappa shape index (κ2) is 7.71. The van der Waals surface area contributed by atoms with Crippen molar-refractivity contribution in [3.63, 3.8) is 0 Å². The van der Waals surface area contributed by atoms with E-state index in [1.165, 1.54) is 0 Å². The molecule has 156 valence electrons. The number of hydrogen-bond acceptors (Lipinski definition) is 6. The Morgan fingerprint density at radius 3 is 2.26 bits per heavy atom. The van der Waals surface area contributed by atoms with Crippen molar-refractivity contribution >= 4 is 28.5 Å². The van der Waals surface area contributed by atoms with Gasteiger partial charge in [-0.25, -0.2) is 4.68 Å². The van der Waals surface area contributed by atoms with Gasteiger partial charge in [0.1, 0.15) is 5.39 Å². The first-order chi connectivity index (χ1) is 15.1. The molecule has 5 rings (SSSR count). The van der Waals surface area contributed by atoms with E-state index in [0.29, 0.717) is 22.5 Å². The maximum Gasteiger partial charge on any atom is 0.263 e. The number of aromatic nitrogens is 4. The molecule has 0 spiro atoms. The zero-order valence-electron chi connectivity index (χ0n) is 17.2. The summed E-state index contributed by atoms with van der Waals surface area (Å²) in [5.41, 5.74) is 3.02. The number of fused-ring (bicyclic) bond motifs is 1. The van der Waals surface area contributed by atoms with E-state index < -0.39 is 0 Å². The van der Waals surface area contributed by atoms with Crippen molar-refractivity contribution in [3.8, 4) is 5.69 Å². The Hall–Kier alpha value is -3.94. The van der Waals surface area contributed by atoms with Crippen LogP contribution < -0.4 is 15.4 Å². The molecule has 0 radical (unpaired) electrons. The Morgan fingerprint density at radius 2 is 1.58 bits per heavy atom. The van der Waals surface area contributed by atoms with Crippen LogP contribution in [0.5, 0.6) is 0 Å². The molecule has 0 saturated carbocycles. The predicted molar refractivity (Wildman–Crippen MR) is 120 cm³/mol. The number of carbonyl (C=O) groups is 1. The van der Waals surface area contributed by atoms with Gasteiger partial charge in [-0.05, 0) is 43.3 Å². The van der Waals surface area contributed by atoms with E-state index in [4.69, 9.17) is 4.98 Å². The molecule has 0 atom stereocenters. The molecular weight excluding hydrogens is 392 g/mol.